The lowest BCUT2D eigenvalue weighted by Gasteiger charge is -2.35. The van der Waals surface area contributed by atoms with Crippen LogP contribution in [0.2, 0.25) is 5.02 Å². The molecular formula is C34H42ClN9O3. The van der Waals surface area contributed by atoms with Crippen LogP contribution < -0.4 is 20.9 Å². The van der Waals surface area contributed by atoms with Gasteiger partial charge < -0.3 is 30.7 Å². The molecule has 2 aromatic carbocycles. The highest BCUT2D eigenvalue weighted by Gasteiger charge is 2.23. The summed E-state index contributed by atoms with van der Waals surface area (Å²) in [4.78, 5) is 55.6. The van der Waals surface area contributed by atoms with Crippen LogP contribution in [-0.2, 0) is 9.59 Å². The van der Waals surface area contributed by atoms with Gasteiger partial charge in [0.1, 0.15) is 5.02 Å². The number of piperazine rings is 1. The highest BCUT2D eigenvalue weighted by molar-refractivity contribution is 6.43. The van der Waals surface area contributed by atoms with Crippen LogP contribution in [0.4, 0.5) is 34.5 Å². The Morgan fingerprint density at radius 2 is 1.66 bits per heavy atom. The number of hydrogen-bond donors (Lipinski definition) is 3. The third kappa shape index (κ3) is 8.64. The number of likely N-dealkylation sites (tertiary alicyclic amines) is 1. The van der Waals surface area contributed by atoms with Gasteiger partial charge in [0.2, 0.25) is 5.95 Å². The molecule has 0 radical (unpaired) electrons. The van der Waals surface area contributed by atoms with Gasteiger partial charge in [0.25, 0.3) is 17.6 Å². The summed E-state index contributed by atoms with van der Waals surface area (Å²) in [6.07, 6.45) is 4.95. The van der Waals surface area contributed by atoms with E-state index in [-0.39, 0.29) is 28.3 Å². The smallest absolute Gasteiger partial charge is 0.294 e. The van der Waals surface area contributed by atoms with Gasteiger partial charge in [0.15, 0.2) is 5.82 Å². The zero-order valence-electron chi connectivity index (χ0n) is 27.2. The first-order valence-electron chi connectivity index (χ1n) is 15.8. The number of likely N-dealkylation sites (N-methyl/N-ethyl adjacent to an activating group) is 2. The number of nitrogens with zero attached hydrogens (tertiary/aromatic N) is 6. The van der Waals surface area contributed by atoms with E-state index in [0.717, 1.165) is 57.8 Å². The quantitative estimate of drug-likeness (QED) is 0.153. The minimum Gasteiger partial charge on any atom is -0.367 e. The number of Topliss-reactive ketones (excluding diaryl/α,β-unsaturated/α-hetero) is 1. The first kappa shape index (κ1) is 33.8. The van der Waals surface area contributed by atoms with Gasteiger partial charge in [-0.05, 0) is 63.3 Å². The third-order valence-electron chi connectivity index (χ3n) is 8.30. The fourth-order valence-electron chi connectivity index (χ4n) is 5.59. The van der Waals surface area contributed by atoms with Crippen molar-refractivity contribution < 1.29 is 14.4 Å². The number of piperidine rings is 1. The van der Waals surface area contributed by atoms with Crippen molar-refractivity contribution in [2.75, 3.05) is 87.8 Å². The maximum atomic E-state index is 13.4. The predicted molar refractivity (Wildman–Crippen MR) is 187 cm³/mol. The van der Waals surface area contributed by atoms with Crippen LogP contribution in [0.3, 0.4) is 0 Å². The number of carbonyl (C=O) groups excluding carboxylic acids is 3. The van der Waals surface area contributed by atoms with Gasteiger partial charge in [0.05, 0.1) is 28.8 Å². The van der Waals surface area contributed by atoms with Gasteiger partial charge >= 0.3 is 0 Å². The van der Waals surface area contributed by atoms with E-state index in [4.69, 9.17) is 11.6 Å². The van der Waals surface area contributed by atoms with Crippen LogP contribution in [0.1, 0.15) is 29.6 Å². The predicted octanol–water partition coefficient (Wildman–Crippen LogP) is 4.62. The molecule has 2 saturated heterocycles. The number of ketones is 1. The largest absolute Gasteiger partial charge is 0.367 e. The summed E-state index contributed by atoms with van der Waals surface area (Å²) in [6.45, 7) is 10.1. The molecule has 47 heavy (non-hydrogen) atoms. The molecule has 3 heterocycles. The van der Waals surface area contributed by atoms with Crippen molar-refractivity contribution in [3.05, 3.63) is 71.4 Å². The molecule has 2 aliphatic heterocycles. The lowest BCUT2D eigenvalue weighted by Crippen LogP contribution is -2.44. The molecule has 0 atom stereocenters. The molecule has 1 aromatic heterocycles. The molecule has 2 aliphatic rings. The van der Waals surface area contributed by atoms with Crippen molar-refractivity contribution in [2.24, 2.45) is 0 Å². The Balaban J connectivity index is 1.37. The summed E-state index contributed by atoms with van der Waals surface area (Å²) < 4.78 is 0. The molecule has 2 fully saturated rings. The summed E-state index contributed by atoms with van der Waals surface area (Å²) in [5.74, 6) is -1.02. The minimum atomic E-state index is -0.657. The number of benzene rings is 2. The average molecular weight is 660 g/mol. The fraction of sp³-hybridized carbons (Fsp3) is 0.382. The second-order valence-corrected chi connectivity index (χ2v) is 12.5. The van der Waals surface area contributed by atoms with Crippen LogP contribution in [0, 0.1) is 0 Å². The second-order valence-electron chi connectivity index (χ2n) is 12.1. The summed E-state index contributed by atoms with van der Waals surface area (Å²) >= 11 is 6.45. The maximum absolute atomic E-state index is 13.4. The van der Waals surface area contributed by atoms with Crippen molar-refractivity contribution >= 4 is 63.7 Å². The van der Waals surface area contributed by atoms with E-state index in [0.29, 0.717) is 29.2 Å². The minimum absolute atomic E-state index is 0.192. The zero-order valence-corrected chi connectivity index (χ0v) is 27.9. The van der Waals surface area contributed by atoms with Crippen molar-refractivity contribution in [1.29, 1.82) is 0 Å². The molecule has 0 unspecified atom stereocenters. The summed E-state index contributed by atoms with van der Waals surface area (Å²) in [5, 5.41) is 9.65. The van der Waals surface area contributed by atoms with Crippen LogP contribution in [0.5, 0.6) is 0 Å². The van der Waals surface area contributed by atoms with E-state index in [1.54, 1.807) is 24.3 Å². The molecule has 0 bridgehead atoms. The molecule has 0 saturated carbocycles. The standard InChI is InChI=1S/C34H42ClN9O3/c1-23(22-43-14-8-5-9-15-43)32(46)39-28-20-24(12-13-29(28)44-18-16-42(4)17-19-44)37-34-36-21-26(35)31(40-34)38-27-11-7-6-10-25(27)30(45)33(47)41(2)3/h6-7,10-13,20-21H,1,5,8-9,14-19,22H2,2-4H3,(H,39,46)(H2,36,37,38,40). The first-order chi connectivity index (χ1) is 22.6. The van der Waals surface area contributed by atoms with Crippen molar-refractivity contribution in [2.45, 2.75) is 19.3 Å². The second kappa shape index (κ2) is 15.4. The van der Waals surface area contributed by atoms with E-state index < -0.39 is 11.7 Å². The molecule has 248 valence electrons. The van der Waals surface area contributed by atoms with Gasteiger partial charge in [0, 0.05) is 58.1 Å². The average Bonchev–Trinajstić information content (AvgIpc) is 3.07. The van der Waals surface area contributed by atoms with E-state index in [9.17, 15) is 14.4 Å². The van der Waals surface area contributed by atoms with Crippen molar-refractivity contribution in [3.63, 3.8) is 0 Å². The highest BCUT2D eigenvalue weighted by atomic mass is 35.5. The van der Waals surface area contributed by atoms with Crippen LogP contribution >= 0.6 is 11.6 Å². The Morgan fingerprint density at radius 3 is 2.38 bits per heavy atom. The number of carbonyl (C=O) groups is 3. The number of nitrogens with one attached hydrogen (secondary N) is 3. The maximum Gasteiger partial charge on any atom is 0.294 e. The fourth-order valence-corrected chi connectivity index (χ4v) is 5.73. The Morgan fingerprint density at radius 1 is 0.936 bits per heavy atom. The lowest BCUT2D eigenvalue weighted by molar-refractivity contribution is -0.124. The molecule has 5 rings (SSSR count). The van der Waals surface area contributed by atoms with E-state index in [2.05, 4.69) is 54.2 Å². The molecule has 3 aromatic rings. The summed E-state index contributed by atoms with van der Waals surface area (Å²) in [5.41, 5.74) is 3.34. The molecule has 13 heteroatoms. The number of hydrogen-bond acceptors (Lipinski definition) is 10. The topological polar surface area (TPSA) is 126 Å². The molecule has 0 spiro atoms. The van der Waals surface area contributed by atoms with Gasteiger partial charge in [-0.1, -0.05) is 36.7 Å². The number of para-hydroxylation sites is 1. The zero-order chi connectivity index (χ0) is 33.5. The number of amides is 2. The monoisotopic (exact) mass is 659 g/mol. The number of aromatic nitrogens is 2. The molecule has 0 aliphatic carbocycles. The molecule has 3 N–H and O–H groups in total. The van der Waals surface area contributed by atoms with Gasteiger partial charge in [-0.15, -0.1) is 0 Å². The van der Waals surface area contributed by atoms with E-state index >= 15 is 0 Å². The Kier molecular flexibility index (Phi) is 11.1. The number of anilines is 6. The highest BCUT2D eigenvalue weighted by Crippen LogP contribution is 2.33. The normalized spacial score (nSPS) is 15.5. The SMILES string of the molecule is C=C(CN1CCCCC1)C(=O)Nc1cc(Nc2ncc(Cl)c(Nc3ccccc3C(=O)C(=O)N(C)C)n2)ccc1N1CCN(C)CC1. The van der Waals surface area contributed by atoms with Crippen LogP contribution in [0.25, 0.3) is 0 Å². The Bertz CT molecular complexity index is 1630. The van der Waals surface area contributed by atoms with Crippen LogP contribution in [-0.4, -0.2) is 109 Å². The van der Waals surface area contributed by atoms with Gasteiger partial charge in [-0.2, -0.15) is 4.98 Å². The summed E-state index contributed by atoms with van der Waals surface area (Å²) in [6, 6.07) is 12.4. The Labute approximate surface area is 280 Å². The van der Waals surface area contributed by atoms with Gasteiger partial charge in [-0.3, -0.25) is 19.3 Å². The van der Waals surface area contributed by atoms with Crippen molar-refractivity contribution in [3.8, 4) is 0 Å². The molecular weight excluding hydrogens is 618 g/mol. The van der Waals surface area contributed by atoms with Crippen molar-refractivity contribution in [1.82, 2.24) is 24.7 Å². The number of halogens is 1. The summed E-state index contributed by atoms with van der Waals surface area (Å²) in [7, 11) is 5.15. The van der Waals surface area contributed by atoms with E-state index in [1.165, 1.54) is 31.6 Å². The van der Waals surface area contributed by atoms with Gasteiger partial charge in [-0.25, -0.2) is 4.98 Å². The van der Waals surface area contributed by atoms with E-state index in [1.807, 2.05) is 18.2 Å². The molecule has 2 amide bonds. The number of rotatable bonds is 11. The Hall–Kier alpha value is -4.52. The molecule has 12 nitrogen and oxygen atoms in total. The lowest BCUT2D eigenvalue weighted by atomic mass is 10.1. The van der Waals surface area contributed by atoms with Crippen LogP contribution in [0.15, 0.2) is 60.8 Å². The first-order valence-corrected chi connectivity index (χ1v) is 16.2. The third-order valence-corrected chi connectivity index (χ3v) is 8.58.